The van der Waals surface area contributed by atoms with Crippen molar-refractivity contribution in [3.63, 3.8) is 0 Å². The lowest BCUT2D eigenvalue weighted by Crippen LogP contribution is -2.36. The van der Waals surface area contributed by atoms with Crippen LogP contribution in [0.25, 0.3) is 0 Å². The maximum Gasteiger partial charge on any atom is 0.241 e. The zero-order valence-electron chi connectivity index (χ0n) is 10.4. The maximum atomic E-state index is 13.0. The molecule has 0 spiro atoms. The van der Waals surface area contributed by atoms with Crippen molar-refractivity contribution in [3.05, 3.63) is 29.6 Å². The summed E-state index contributed by atoms with van der Waals surface area (Å²) in [5.41, 5.74) is 0. The predicted molar refractivity (Wildman–Crippen MR) is 62.7 cm³/mol. The van der Waals surface area contributed by atoms with E-state index >= 15 is 0 Å². The lowest BCUT2D eigenvalue weighted by atomic mass is 10.3. The number of halogens is 3. The number of amides is 1. The van der Waals surface area contributed by atoms with Gasteiger partial charge in [0.25, 0.3) is 0 Å². The third-order valence-electron chi connectivity index (χ3n) is 2.93. The highest BCUT2D eigenvalue weighted by Crippen LogP contribution is 2.19. The molecule has 1 amide bonds. The van der Waals surface area contributed by atoms with Gasteiger partial charge < -0.3 is 4.90 Å². The zero-order valence-corrected chi connectivity index (χ0v) is 11.2. The number of nitrogens with one attached hydrogen (secondary N) is 1. The van der Waals surface area contributed by atoms with Crippen molar-refractivity contribution in [3.8, 4) is 0 Å². The highest BCUT2D eigenvalue weighted by Gasteiger charge is 2.31. The van der Waals surface area contributed by atoms with Gasteiger partial charge in [0.15, 0.2) is 17.5 Å². The first kappa shape index (κ1) is 14.8. The Balaban J connectivity index is 2.25. The van der Waals surface area contributed by atoms with E-state index in [0.29, 0.717) is 12.1 Å². The Bertz CT molecular complexity index is 640. The van der Waals surface area contributed by atoms with Gasteiger partial charge >= 0.3 is 0 Å². The lowest BCUT2D eigenvalue weighted by Gasteiger charge is -2.13. The minimum atomic E-state index is -4.23. The molecule has 0 unspecified atom stereocenters. The summed E-state index contributed by atoms with van der Waals surface area (Å²) in [5.74, 6) is -5.16. The van der Waals surface area contributed by atoms with Gasteiger partial charge in [0.1, 0.15) is 0 Å². The van der Waals surface area contributed by atoms with Crippen LogP contribution in [0.15, 0.2) is 17.0 Å². The molecule has 1 aromatic carbocycles. The van der Waals surface area contributed by atoms with Crippen molar-refractivity contribution in [1.29, 1.82) is 0 Å². The van der Waals surface area contributed by atoms with E-state index in [1.165, 1.54) is 11.9 Å². The Hall–Kier alpha value is -1.61. The summed E-state index contributed by atoms with van der Waals surface area (Å²) in [5, 5.41) is 0. The van der Waals surface area contributed by atoms with Crippen molar-refractivity contribution >= 4 is 15.9 Å². The summed E-state index contributed by atoms with van der Waals surface area (Å²) in [6.07, 6.45) is -0.0398. The van der Waals surface area contributed by atoms with Crippen LogP contribution in [0.2, 0.25) is 0 Å². The normalized spacial score (nSPS) is 19.7. The molecule has 1 atom stereocenters. The van der Waals surface area contributed by atoms with Gasteiger partial charge in [0.05, 0.1) is 4.90 Å². The number of hydrogen-bond donors (Lipinski definition) is 1. The molecule has 0 radical (unpaired) electrons. The number of hydrogen-bond acceptors (Lipinski definition) is 3. The molecule has 0 bridgehead atoms. The molecule has 0 saturated carbocycles. The van der Waals surface area contributed by atoms with Gasteiger partial charge in [0, 0.05) is 26.1 Å². The van der Waals surface area contributed by atoms with Crippen LogP contribution < -0.4 is 4.72 Å². The number of carbonyl (C=O) groups excluding carboxylic acids is 1. The molecule has 1 aromatic rings. The first-order valence-corrected chi connectivity index (χ1v) is 7.10. The van der Waals surface area contributed by atoms with E-state index in [0.717, 1.165) is 0 Å². The number of nitrogens with zero attached hydrogens (tertiary/aromatic N) is 1. The smallest absolute Gasteiger partial charge is 0.241 e. The molecule has 1 saturated heterocycles. The van der Waals surface area contributed by atoms with Crippen molar-refractivity contribution in [2.75, 3.05) is 13.6 Å². The van der Waals surface area contributed by atoms with Crippen molar-refractivity contribution < 1.29 is 26.4 Å². The second kappa shape index (κ2) is 5.06. The van der Waals surface area contributed by atoms with E-state index < -0.39 is 38.4 Å². The summed E-state index contributed by atoms with van der Waals surface area (Å²) >= 11 is 0. The van der Waals surface area contributed by atoms with Gasteiger partial charge in [-0.25, -0.2) is 26.3 Å². The molecular formula is C11H11F3N2O3S. The maximum absolute atomic E-state index is 13.0. The van der Waals surface area contributed by atoms with E-state index in [4.69, 9.17) is 0 Å². The Morgan fingerprint density at radius 3 is 2.25 bits per heavy atom. The minimum Gasteiger partial charge on any atom is -0.344 e. The SMILES string of the molecule is CN1C[C@@H](NS(=O)(=O)c2cc(F)c(F)c(F)c2)CC1=O. The molecule has 0 aromatic heterocycles. The first-order chi connectivity index (χ1) is 9.20. The van der Waals surface area contributed by atoms with Crippen molar-refractivity contribution in [1.82, 2.24) is 9.62 Å². The van der Waals surface area contributed by atoms with E-state index in [1.54, 1.807) is 0 Å². The number of likely N-dealkylation sites (N-methyl/N-ethyl adjacent to an activating group) is 1. The number of likely N-dealkylation sites (tertiary alicyclic amines) is 1. The van der Waals surface area contributed by atoms with E-state index in [9.17, 15) is 26.4 Å². The van der Waals surface area contributed by atoms with Gasteiger partial charge in [-0.15, -0.1) is 0 Å². The Morgan fingerprint density at radius 1 is 1.25 bits per heavy atom. The second-order valence-corrected chi connectivity index (χ2v) is 6.21. The topological polar surface area (TPSA) is 66.5 Å². The fourth-order valence-electron chi connectivity index (χ4n) is 1.92. The average molecular weight is 308 g/mol. The van der Waals surface area contributed by atoms with E-state index in [2.05, 4.69) is 4.72 Å². The van der Waals surface area contributed by atoms with Crippen LogP contribution in [-0.2, 0) is 14.8 Å². The molecule has 110 valence electrons. The molecule has 1 aliphatic rings. The van der Waals surface area contributed by atoms with Crippen LogP contribution in [0.3, 0.4) is 0 Å². The third kappa shape index (κ3) is 2.78. The predicted octanol–water partition coefficient (Wildman–Crippen LogP) is 0.613. The fraction of sp³-hybridized carbons (Fsp3) is 0.364. The quantitative estimate of drug-likeness (QED) is 0.832. The summed E-state index contributed by atoms with van der Waals surface area (Å²) in [4.78, 5) is 11.9. The summed E-state index contributed by atoms with van der Waals surface area (Å²) < 4.78 is 64.9. The van der Waals surface area contributed by atoms with Crippen LogP contribution >= 0.6 is 0 Å². The van der Waals surface area contributed by atoms with Crippen molar-refractivity contribution in [2.45, 2.75) is 17.4 Å². The van der Waals surface area contributed by atoms with E-state index in [-0.39, 0.29) is 18.9 Å². The number of sulfonamides is 1. The Kier molecular flexibility index (Phi) is 3.74. The molecule has 5 nitrogen and oxygen atoms in total. The van der Waals surface area contributed by atoms with Crippen LogP contribution in [0, 0.1) is 17.5 Å². The van der Waals surface area contributed by atoms with Crippen LogP contribution in [0.5, 0.6) is 0 Å². The Morgan fingerprint density at radius 2 is 1.80 bits per heavy atom. The van der Waals surface area contributed by atoms with E-state index in [1.807, 2.05) is 0 Å². The third-order valence-corrected chi connectivity index (χ3v) is 4.43. The van der Waals surface area contributed by atoms with Gasteiger partial charge in [-0.3, -0.25) is 4.79 Å². The summed E-state index contributed by atoms with van der Waals surface area (Å²) in [6.45, 7) is 0.157. The fourth-order valence-corrected chi connectivity index (χ4v) is 3.17. The van der Waals surface area contributed by atoms with Crippen LogP contribution in [0.1, 0.15) is 6.42 Å². The zero-order chi connectivity index (χ0) is 15.1. The largest absolute Gasteiger partial charge is 0.344 e. The van der Waals surface area contributed by atoms with Gasteiger partial charge in [0.2, 0.25) is 15.9 Å². The standard InChI is InChI=1S/C11H11F3N2O3S/c1-16-5-6(2-10(16)17)15-20(18,19)7-3-8(12)11(14)9(13)4-7/h3-4,6,15H,2,5H2,1H3/t6-/m0/s1. The van der Waals surface area contributed by atoms with Crippen molar-refractivity contribution in [2.24, 2.45) is 0 Å². The van der Waals surface area contributed by atoms with Gasteiger partial charge in [-0.05, 0) is 12.1 Å². The molecule has 9 heteroatoms. The molecule has 20 heavy (non-hydrogen) atoms. The van der Waals surface area contributed by atoms with Gasteiger partial charge in [-0.2, -0.15) is 0 Å². The first-order valence-electron chi connectivity index (χ1n) is 5.61. The van der Waals surface area contributed by atoms with Gasteiger partial charge in [-0.1, -0.05) is 0 Å². The lowest BCUT2D eigenvalue weighted by molar-refractivity contribution is -0.126. The molecule has 1 N–H and O–H groups in total. The number of carbonyl (C=O) groups is 1. The minimum absolute atomic E-state index is 0.0398. The molecule has 1 heterocycles. The molecule has 1 fully saturated rings. The molecule has 2 rings (SSSR count). The monoisotopic (exact) mass is 308 g/mol. The van der Waals surface area contributed by atoms with Crippen LogP contribution in [-0.4, -0.2) is 38.9 Å². The number of benzene rings is 1. The number of rotatable bonds is 3. The van der Waals surface area contributed by atoms with Crippen LogP contribution in [0.4, 0.5) is 13.2 Å². The average Bonchev–Trinajstić information content (AvgIpc) is 2.63. The summed E-state index contributed by atoms with van der Waals surface area (Å²) in [7, 11) is -2.72. The molecular weight excluding hydrogens is 297 g/mol. The Labute approximate surface area is 113 Å². The second-order valence-electron chi connectivity index (χ2n) is 4.50. The highest BCUT2D eigenvalue weighted by molar-refractivity contribution is 7.89. The highest BCUT2D eigenvalue weighted by atomic mass is 32.2. The molecule has 1 aliphatic heterocycles. The molecule has 0 aliphatic carbocycles. The summed E-state index contributed by atoms with van der Waals surface area (Å²) in [6, 6.07) is 0.0938.